The Balaban J connectivity index is 2.48. The van der Waals surface area contributed by atoms with E-state index in [9.17, 15) is 4.39 Å². The molecule has 0 atom stereocenters. The van der Waals surface area contributed by atoms with E-state index >= 15 is 0 Å². The van der Waals surface area contributed by atoms with Crippen LogP contribution in [0.25, 0.3) is 11.4 Å². The van der Waals surface area contributed by atoms with Crippen LogP contribution in [0, 0.1) is 5.82 Å². The fourth-order valence-electron chi connectivity index (χ4n) is 1.07. The predicted octanol–water partition coefficient (Wildman–Crippen LogP) is 3.05. The Labute approximate surface area is 89.0 Å². The normalized spacial score (nSPS) is 10.1. The monoisotopic (exact) mass is 252 g/mol. The number of halogens is 2. The first-order chi connectivity index (χ1) is 6.77. The molecule has 14 heavy (non-hydrogen) atoms. The standard InChI is InChI=1S/C10H6BrFN2/c11-9-8(12)6-13-10(14-9)7-4-2-1-3-5-7/h1-6H. The van der Waals surface area contributed by atoms with Gasteiger partial charge in [-0.1, -0.05) is 30.3 Å². The molecular weight excluding hydrogens is 247 g/mol. The van der Waals surface area contributed by atoms with Gasteiger partial charge in [0, 0.05) is 5.56 Å². The highest BCUT2D eigenvalue weighted by molar-refractivity contribution is 9.10. The summed E-state index contributed by atoms with van der Waals surface area (Å²) in [5.41, 5.74) is 0.869. The predicted molar refractivity (Wildman–Crippen MR) is 55.1 cm³/mol. The maximum Gasteiger partial charge on any atom is 0.174 e. The van der Waals surface area contributed by atoms with Gasteiger partial charge in [0.25, 0.3) is 0 Å². The summed E-state index contributed by atoms with van der Waals surface area (Å²) in [6.07, 6.45) is 1.15. The van der Waals surface area contributed by atoms with Gasteiger partial charge >= 0.3 is 0 Å². The fraction of sp³-hybridized carbons (Fsp3) is 0. The lowest BCUT2D eigenvalue weighted by molar-refractivity contribution is 0.605. The van der Waals surface area contributed by atoms with E-state index < -0.39 is 5.82 Å². The lowest BCUT2D eigenvalue weighted by Crippen LogP contribution is -1.91. The summed E-state index contributed by atoms with van der Waals surface area (Å²) in [7, 11) is 0. The zero-order valence-corrected chi connectivity index (χ0v) is 8.70. The maximum atomic E-state index is 12.8. The molecule has 0 amide bonds. The van der Waals surface area contributed by atoms with Gasteiger partial charge in [0.2, 0.25) is 0 Å². The average Bonchev–Trinajstić information content (AvgIpc) is 2.23. The summed E-state index contributed by atoms with van der Waals surface area (Å²) >= 11 is 3.02. The molecule has 0 unspecified atom stereocenters. The van der Waals surface area contributed by atoms with Crippen molar-refractivity contribution in [2.24, 2.45) is 0 Å². The molecule has 0 aliphatic heterocycles. The molecule has 1 aromatic heterocycles. The van der Waals surface area contributed by atoms with Crippen molar-refractivity contribution in [3.63, 3.8) is 0 Å². The van der Waals surface area contributed by atoms with Crippen LogP contribution in [0.5, 0.6) is 0 Å². The van der Waals surface area contributed by atoms with E-state index in [0.717, 1.165) is 11.8 Å². The van der Waals surface area contributed by atoms with Crippen LogP contribution in [-0.4, -0.2) is 9.97 Å². The topological polar surface area (TPSA) is 25.8 Å². The van der Waals surface area contributed by atoms with Crippen molar-refractivity contribution in [1.29, 1.82) is 0 Å². The third-order valence-electron chi connectivity index (χ3n) is 1.73. The Morgan fingerprint density at radius 2 is 1.86 bits per heavy atom. The molecule has 0 saturated heterocycles. The molecule has 0 spiro atoms. The smallest absolute Gasteiger partial charge is 0.174 e. The van der Waals surface area contributed by atoms with Crippen LogP contribution >= 0.6 is 15.9 Å². The molecule has 1 heterocycles. The molecule has 0 aliphatic rings. The zero-order valence-electron chi connectivity index (χ0n) is 7.11. The minimum atomic E-state index is -0.454. The van der Waals surface area contributed by atoms with Crippen molar-refractivity contribution < 1.29 is 4.39 Å². The molecule has 0 N–H and O–H groups in total. The van der Waals surface area contributed by atoms with Gasteiger partial charge in [0.15, 0.2) is 11.6 Å². The molecule has 70 valence electrons. The van der Waals surface area contributed by atoms with E-state index in [4.69, 9.17) is 0 Å². The molecule has 4 heteroatoms. The van der Waals surface area contributed by atoms with Crippen LogP contribution in [0.2, 0.25) is 0 Å². The van der Waals surface area contributed by atoms with Gasteiger partial charge in [0.1, 0.15) is 4.60 Å². The Morgan fingerprint density at radius 1 is 1.14 bits per heavy atom. The van der Waals surface area contributed by atoms with Gasteiger partial charge in [-0.2, -0.15) is 0 Å². The Kier molecular flexibility index (Phi) is 2.54. The minimum Gasteiger partial charge on any atom is -0.233 e. The Bertz CT molecular complexity index is 445. The van der Waals surface area contributed by atoms with Crippen LogP contribution in [0.3, 0.4) is 0 Å². The highest BCUT2D eigenvalue weighted by atomic mass is 79.9. The average molecular weight is 253 g/mol. The van der Waals surface area contributed by atoms with E-state index in [2.05, 4.69) is 25.9 Å². The van der Waals surface area contributed by atoms with Crippen LogP contribution in [0.4, 0.5) is 4.39 Å². The highest BCUT2D eigenvalue weighted by Gasteiger charge is 2.04. The number of rotatable bonds is 1. The molecule has 1 aromatic carbocycles. The molecule has 2 nitrogen and oxygen atoms in total. The van der Waals surface area contributed by atoms with Crippen LogP contribution in [0.15, 0.2) is 41.1 Å². The van der Waals surface area contributed by atoms with Gasteiger partial charge in [-0.25, -0.2) is 14.4 Å². The summed E-state index contributed by atoms with van der Waals surface area (Å²) in [6, 6.07) is 9.42. The van der Waals surface area contributed by atoms with Crippen molar-refractivity contribution in [3.05, 3.63) is 46.9 Å². The SMILES string of the molecule is Fc1cnc(-c2ccccc2)nc1Br. The van der Waals surface area contributed by atoms with Crippen LogP contribution < -0.4 is 0 Å². The van der Waals surface area contributed by atoms with Crippen molar-refractivity contribution >= 4 is 15.9 Å². The summed E-state index contributed by atoms with van der Waals surface area (Å²) in [6.45, 7) is 0. The summed E-state index contributed by atoms with van der Waals surface area (Å²) in [5, 5.41) is 0. The van der Waals surface area contributed by atoms with E-state index in [1.807, 2.05) is 30.3 Å². The third-order valence-corrected chi connectivity index (χ3v) is 2.29. The lowest BCUT2D eigenvalue weighted by atomic mass is 10.2. The van der Waals surface area contributed by atoms with Gasteiger partial charge in [0.05, 0.1) is 6.20 Å². The van der Waals surface area contributed by atoms with Crippen molar-refractivity contribution in [2.75, 3.05) is 0 Å². The number of hydrogen-bond donors (Lipinski definition) is 0. The second kappa shape index (κ2) is 3.84. The maximum absolute atomic E-state index is 12.8. The van der Waals surface area contributed by atoms with E-state index in [-0.39, 0.29) is 4.60 Å². The van der Waals surface area contributed by atoms with Gasteiger partial charge in [-0.15, -0.1) is 0 Å². The van der Waals surface area contributed by atoms with Gasteiger partial charge < -0.3 is 0 Å². The van der Waals surface area contributed by atoms with E-state index in [0.29, 0.717) is 5.82 Å². The van der Waals surface area contributed by atoms with Crippen LogP contribution in [0.1, 0.15) is 0 Å². The van der Waals surface area contributed by atoms with Crippen molar-refractivity contribution in [3.8, 4) is 11.4 Å². The summed E-state index contributed by atoms with van der Waals surface area (Å²) < 4.78 is 13.0. The fourth-order valence-corrected chi connectivity index (χ4v) is 1.34. The first-order valence-electron chi connectivity index (χ1n) is 4.01. The second-order valence-corrected chi connectivity index (χ2v) is 3.45. The molecule has 0 fully saturated rings. The molecule has 0 bridgehead atoms. The zero-order chi connectivity index (χ0) is 9.97. The Morgan fingerprint density at radius 3 is 2.50 bits per heavy atom. The number of hydrogen-bond acceptors (Lipinski definition) is 2. The second-order valence-electron chi connectivity index (χ2n) is 2.70. The third kappa shape index (κ3) is 1.80. The van der Waals surface area contributed by atoms with Gasteiger partial charge in [-0.05, 0) is 15.9 Å². The lowest BCUT2D eigenvalue weighted by Gasteiger charge is -1.99. The Hall–Kier alpha value is -1.29. The first kappa shape index (κ1) is 9.27. The molecule has 0 saturated carbocycles. The highest BCUT2D eigenvalue weighted by Crippen LogP contribution is 2.17. The van der Waals surface area contributed by atoms with E-state index in [1.54, 1.807) is 0 Å². The van der Waals surface area contributed by atoms with Crippen molar-refractivity contribution in [1.82, 2.24) is 9.97 Å². The summed E-state index contributed by atoms with van der Waals surface area (Å²) in [5.74, 6) is 0.0588. The van der Waals surface area contributed by atoms with Crippen molar-refractivity contribution in [2.45, 2.75) is 0 Å². The number of aromatic nitrogens is 2. The van der Waals surface area contributed by atoms with Gasteiger partial charge in [-0.3, -0.25) is 0 Å². The first-order valence-corrected chi connectivity index (χ1v) is 4.80. The largest absolute Gasteiger partial charge is 0.233 e. The number of benzene rings is 1. The van der Waals surface area contributed by atoms with E-state index in [1.165, 1.54) is 0 Å². The summed E-state index contributed by atoms with van der Waals surface area (Å²) in [4.78, 5) is 7.87. The molecular formula is C10H6BrFN2. The molecule has 2 rings (SSSR count). The van der Waals surface area contributed by atoms with Crippen LogP contribution in [-0.2, 0) is 0 Å². The molecule has 0 radical (unpaired) electrons. The molecule has 2 aromatic rings. The quantitative estimate of drug-likeness (QED) is 0.730. The molecule has 0 aliphatic carbocycles. The number of nitrogens with zero attached hydrogens (tertiary/aromatic N) is 2. The minimum absolute atomic E-state index is 0.186.